The van der Waals surface area contributed by atoms with Gasteiger partial charge in [-0.3, -0.25) is 4.79 Å². The van der Waals surface area contributed by atoms with Gasteiger partial charge in [-0.05, 0) is 24.0 Å². The summed E-state index contributed by atoms with van der Waals surface area (Å²) in [5.74, 6) is 0.446. The number of ketones is 1. The molecular formula is C14H19NO. The van der Waals surface area contributed by atoms with E-state index in [9.17, 15) is 4.79 Å². The molecule has 16 heavy (non-hydrogen) atoms. The minimum Gasteiger partial charge on any atom is -0.321 e. The summed E-state index contributed by atoms with van der Waals surface area (Å²) >= 11 is 0. The maximum atomic E-state index is 11.6. The fourth-order valence-corrected chi connectivity index (χ4v) is 1.49. The first-order chi connectivity index (χ1) is 7.59. The number of carbonyl (C=O) groups excluding carboxylic acids is 1. The lowest BCUT2D eigenvalue weighted by molar-refractivity contribution is -0.116. The number of benzene rings is 1. The van der Waals surface area contributed by atoms with Gasteiger partial charge in [-0.15, -0.1) is 0 Å². The number of nitrogens with two attached hydrogens (primary N) is 1. The molecule has 1 aromatic rings. The molecule has 86 valence electrons. The maximum absolute atomic E-state index is 11.6. The molecule has 0 saturated carbocycles. The highest BCUT2D eigenvalue weighted by Gasteiger charge is 2.11. The van der Waals surface area contributed by atoms with Crippen LogP contribution < -0.4 is 5.73 Å². The second-order valence-corrected chi connectivity index (χ2v) is 4.38. The van der Waals surface area contributed by atoms with E-state index in [0.29, 0.717) is 5.92 Å². The van der Waals surface area contributed by atoms with Gasteiger partial charge < -0.3 is 5.73 Å². The lowest BCUT2D eigenvalue weighted by Crippen LogP contribution is -2.30. The molecule has 0 radical (unpaired) electrons. The minimum absolute atomic E-state index is 0.00227. The van der Waals surface area contributed by atoms with E-state index in [-0.39, 0.29) is 11.8 Å². The van der Waals surface area contributed by atoms with E-state index in [1.807, 2.05) is 36.4 Å². The molecular weight excluding hydrogens is 198 g/mol. The molecule has 0 aliphatic carbocycles. The smallest absolute Gasteiger partial charge is 0.172 e. The van der Waals surface area contributed by atoms with Crippen LogP contribution in [0.1, 0.15) is 25.8 Å². The summed E-state index contributed by atoms with van der Waals surface area (Å²) in [6.45, 7) is 4.13. The van der Waals surface area contributed by atoms with E-state index < -0.39 is 0 Å². The Morgan fingerprint density at radius 3 is 2.50 bits per heavy atom. The van der Waals surface area contributed by atoms with Gasteiger partial charge in [0.25, 0.3) is 0 Å². The first kappa shape index (κ1) is 12.7. The van der Waals surface area contributed by atoms with Crippen molar-refractivity contribution in [2.75, 3.05) is 0 Å². The van der Waals surface area contributed by atoms with E-state index in [1.165, 1.54) is 0 Å². The number of rotatable bonds is 5. The standard InChI is InChI=1S/C14H19NO/c1-11(2)10-13(15)14(16)9-8-12-6-4-3-5-7-12/h3-9,11,13H,10,15H2,1-2H3/b9-8+/t13-/m0/s1. The summed E-state index contributed by atoms with van der Waals surface area (Å²) in [7, 11) is 0. The lowest BCUT2D eigenvalue weighted by Gasteiger charge is -2.10. The average molecular weight is 217 g/mol. The van der Waals surface area contributed by atoms with Gasteiger partial charge >= 0.3 is 0 Å². The average Bonchev–Trinajstić information content (AvgIpc) is 2.26. The topological polar surface area (TPSA) is 43.1 Å². The van der Waals surface area contributed by atoms with Crippen molar-refractivity contribution in [2.45, 2.75) is 26.3 Å². The number of hydrogen-bond acceptors (Lipinski definition) is 2. The molecule has 0 fully saturated rings. The van der Waals surface area contributed by atoms with Crippen LogP contribution in [0.15, 0.2) is 36.4 Å². The van der Waals surface area contributed by atoms with Crippen molar-refractivity contribution < 1.29 is 4.79 Å². The monoisotopic (exact) mass is 217 g/mol. The van der Waals surface area contributed by atoms with Crippen molar-refractivity contribution in [3.8, 4) is 0 Å². The molecule has 2 nitrogen and oxygen atoms in total. The predicted octanol–water partition coefficient (Wildman–Crippen LogP) is 2.64. The highest BCUT2D eigenvalue weighted by molar-refractivity contribution is 5.97. The van der Waals surface area contributed by atoms with Crippen LogP contribution in [0.3, 0.4) is 0 Å². The first-order valence-electron chi connectivity index (χ1n) is 5.62. The Bertz CT molecular complexity index is 354. The maximum Gasteiger partial charge on any atom is 0.172 e. The van der Waals surface area contributed by atoms with Crippen LogP contribution >= 0.6 is 0 Å². The third-order valence-electron chi connectivity index (χ3n) is 2.33. The van der Waals surface area contributed by atoms with E-state index in [4.69, 9.17) is 5.73 Å². The molecule has 0 unspecified atom stereocenters. The molecule has 0 aromatic heterocycles. The van der Waals surface area contributed by atoms with Crippen molar-refractivity contribution in [1.82, 2.24) is 0 Å². The van der Waals surface area contributed by atoms with Crippen LogP contribution in [-0.2, 0) is 4.79 Å². The summed E-state index contributed by atoms with van der Waals surface area (Å²) < 4.78 is 0. The molecule has 0 aliphatic heterocycles. The fourth-order valence-electron chi connectivity index (χ4n) is 1.49. The number of carbonyl (C=O) groups is 1. The van der Waals surface area contributed by atoms with Crippen molar-refractivity contribution in [1.29, 1.82) is 0 Å². The zero-order valence-electron chi connectivity index (χ0n) is 9.89. The molecule has 1 rings (SSSR count). The van der Waals surface area contributed by atoms with Crippen LogP contribution in [0.4, 0.5) is 0 Å². The Hall–Kier alpha value is -1.41. The van der Waals surface area contributed by atoms with Gasteiger partial charge in [0.05, 0.1) is 6.04 Å². The summed E-state index contributed by atoms with van der Waals surface area (Å²) in [6, 6.07) is 9.37. The molecule has 0 bridgehead atoms. The lowest BCUT2D eigenvalue weighted by atomic mass is 10.0. The quantitative estimate of drug-likeness (QED) is 0.770. The Morgan fingerprint density at radius 2 is 1.94 bits per heavy atom. The van der Waals surface area contributed by atoms with Gasteiger partial charge in [0.1, 0.15) is 0 Å². The third-order valence-corrected chi connectivity index (χ3v) is 2.33. The van der Waals surface area contributed by atoms with E-state index in [1.54, 1.807) is 6.08 Å². The van der Waals surface area contributed by atoms with Crippen LogP contribution in [0.2, 0.25) is 0 Å². The summed E-state index contributed by atoms with van der Waals surface area (Å²) in [6.07, 6.45) is 4.11. The normalized spacial score (nSPS) is 13.2. The Balaban J connectivity index is 2.54. The predicted molar refractivity (Wildman–Crippen MR) is 67.9 cm³/mol. The molecule has 1 aromatic carbocycles. The number of hydrogen-bond donors (Lipinski definition) is 1. The second kappa shape index (κ2) is 6.23. The molecule has 2 heteroatoms. The highest BCUT2D eigenvalue weighted by atomic mass is 16.1. The summed E-state index contributed by atoms with van der Waals surface area (Å²) in [5.41, 5.74) is 6.80. The van der Waals surface area contributed by atoms with Gasteiger partial charge in [-0.2, -0.15) is 0 Å². The van der Waals surface area contributed by atoms with Crippen LogP contribution in [0, 0.1) is 5.92 Å². The van der Waals surface area contributed by atoms with Crippen LogP contribution in [0.5, 0.6) is 0 Å². The molecule has 0 saturated heterocycles. The molecule has 0 amide bonds. The van der Waals surface area contributed by atoms with E-state index >= 15 is 0 Å². The molecule has 0 aliphatic rings. The van der Waals surface area contributed by atoms with Crippen LogP contribution in [-0.4, -0.2) is 11.8 Å². The van der Waals surface area contributed by atoms with Crippen molar-refractivity contribution in [2.24, 2.45) is 11.7 Å². The van der Waals surface area contributed by atoms with Gasteiger partial charge in [0.2, 0.25) is 0 Å². The molecule has 0 heterocycles. The SMILES string of the molecule is CC(C)C[C@H](N)C(=O)/C=C/c1ccccc1. The van der Waals surface area contributed by atoms with Crippen molar-refractivity contribution >= 4 is 11.9 Å². The largest absolute Gasteiger partial charge is 0.321 e. The van der Waals surface area contributed by atoms with Gasteiger partial charge in [0.15, 0.2) is 5.78 Å². The van der Waals surface area contributed by atoms with Crippen molar-refractivity contribution in [3.63, 3.8) is 0 Å². The first-order valence-corrected chi connectivity index (χ1v) is 5.62. The Labute approximate surface area is 97.2 Å². The van der Waals surface area contributed by atoms with E-state index in [2.05, 4.69) is 13.8 Å². The highest BCUT2D eigenvalue weighted by Crippen LogP contribution is 2.06. The van der Waals surface area contributed by atoms with Gasteiger partial charge in [-0.25, -0.2) is 0 Å². The zero-order chi connectivity index (χ0) is 12.0. The van der Waals surface area contributed by atoms with Crippen molar-refractivity contribution in [3.05, 3.63) is 42.0 Å². The van der Waals surface area contributed by atoms with E-state index in [0.717, 1.165) is 12.0 Å². The third kappa shape index (κ3) is 4.41. The minimum atomic E-state index is -0.375. The van der Waals surface area contributed by atoms with Crippen LogP contribution in [0.25, 0.3) is 6.08 Å². The Kier molecular flexibility index (Phi) is 4.93. The van der Waals surface area contributed by atoms with Gasteiger partial charge in [0, 0.05) is 0 Å². The summed E-state index contributed by atoms with van der Waals surface area (Å²) in [4.78, 5) is 11.6. The molecule has 0 spiro atoms. The second-order valence-electron chi connectivity index (χ2n) is 4.38. The molecule has 2 N–H and O–H groups in total. The molecule has 1 atom stereocenters. The Morgan fingerprint density at radius 1 is 1.31 bits per heavy atom. The summed E-state index contributed by atoms with van der Waals surface area (Å²) in [5, 5.41) is 0. The zero-order valence-corrected chi connectivity index (χ0v) is 9.89. The fraction of sp³-hybridized carbons (Fsp3) is 0.357. The van der Waals surface area contributed by atoms with Gasteiger partial charge in [-0.1, -0.05) is 50.3 Å².